The number of rotatable bonds is 4. The first-order valence-electron chi connectivity index (χ1n) is 5.18. The van der Waals surface area contributed by atoms with Gasteiger partial charge in [-0.15, -0.1) is 0 Å². The molecule has 3 nitrogen and oxygen atoms in total. The van der Waals surface area contributed by atoms with Crippen molar-refractivity contribution in [3.05, 3.63) is 45.8 Å². The topological polar surface area (TPSA) is 27.1 Å². The van der Waals surface area contributed by atoms with Crippen LogP contribution in [-0.2, 0) is 13.2 Å². The van der Waals surface area contributed by atoms with E-state index in [1.165, 1.54) is 0 Å². The zero-order valence-corrected chi connectivity index (χ0v) is 11.2. The molecule has 0 aliphatic rings. The maximum Gasteiger partial charge on any atom is 0.133 e. The Bertz CT molecular complexity index is 468. The smallest absolute Gasteiger partial charge is 0.133 e. The van der Waals surface area contributed by atoms with Gasteiger partial charge in [0.2, 0.25) is 0 Å². The number of hydrogen-bond acceptors (Lipinski definition) is 2. The van der Waals surface area contributed by atoms with Crippen LogP contribution in [0.25, 0.3) is 0 Å². The fourth-order valence-corrected chi connectivity index (χ4v) is 1.92. The molecule has 16 heavy (non-hydrogen) atoms. The summed E-state index contributed by atoms with van der Waals surface area (Å²) in [5, 5.41) is 4.20. The van der Waals surface area contributed by atoms with Crippen molar-refractivity contribution in [2.24, 2.45) is 0 Å². The molecule has 0 amide bonds. The third kappa shape index (κ3) is 2.75. The molecule has 0 bridgehead atoms. The molecule has 0 atom stereocenters. The van der Waals surface area contributed by atoms with Gasteiger partial charge in [0.15, 0.2) is 0 Å². The summed E-state index contributed by atoms with van der Waals surface area (Å²) >= 11 is 2.27. The van der Waals surface area contributed by atoms with Crippen molar-refractivity contribution in [2.75, 3.05) is 0 Å². The Morgan fingerprint density at radius 2 is 2.19 bits per heavy atom. The van der Waals surface area contributed by atoms with Crippen LogP contribution in [0.1, 0.15) is 12.5 Å². The molecule has 0 unspecified atom stereocenters. The first-order valence-corrected chi connectivity index (χ1v) is 6.26. The second-order valence-corrected chi connectivity index (χ2v) is 4.59. The van der Waals surface area contributed by atoms with Crippen molar-refractivity contribution >= 4 is 22.6 Å². The van der Waals surface area contributed by atoms with Gasteiger partial charge in [-0.2, -0.15) is 5.10 Å². The molecule has 2 aromatic rings. The van der Waals surface area contributed by atoms with Gasteiger partial charge in [0, 0.05) is 18.3 Å². The Balaban J connectivity index is 1.99. The van der Waals surface area contributed by atoms with Crippen molar-refractivity contribution in [2.45, 2.75) is 20.1 Å². The van der Waals surface area contributed by atoms with Crippen molar-refractivity contribution in [3.63, 3.8) is 0 Å². The number of para-hydroxylation sites is 1. The van der Waals surface area contributed by atoms with Gasteiger partial charge in [-0.25, -0.2) is 0 Å². The zero-order chi connectivity index (χ0) is 11.4. The Morgan fingerprint density at radius 3 is 2.88 bits per heavy atom. The molecule has 0 aliphatic heterocycles. The third-order valence-electron chi connectivity index (χ3n) is 2.24. The highest BCUT2D eigenvalue weighted by Crippen LogP contribution is 2.20. The van der Waals surface area contributed by atoms with Crippen LogP contribution in [0, 0.1) is 3.57 Å². The first kappa shape index (κ1) is 11.4. The van der Waals surface area contributed by atoms with E-state index in [0.29, 0.717) is 6.61 Å². The van der Waals surface area contributed by atoms with Crippen LogP contribution >= 0.6 is 22.6 Å². The van der Waals surface area contributed by atoms with Gasteiger partial charge >= 0.3 is 0 Å². The predicted molar refractivity (Wildman–Crippen MR) is 71.4 cm³/mol. The molecule has 0 spiro atoms. The number of hydrogen-bond donors (Lipinski definition) is 0. The second kappa shape index (κ2) is 5.34. The molecule has 0 saturated heterocycles. The first-order chi connectivity index (χ1) is 7.79. The Morgan fingerprint density at radius 1 is 1.38 bits per heavy atom. The van der Waals surface area contributed by atoms with E-state index in [9.17, 15) is 0 Å². The van der Waals surface area contributed by atoms with Crippen molar-refractivity contribution in [1.29, 1.82) is 0 Å². The van der Waals surface area contributed by atoms with Crippen LogP contribution in [-0.4, -0.2) is 9.78 Å². The van der Waals surface area contributed by atoms with Gasteiger partial charge in [-0.05, 0) is 41.6 Å². The number of aryl methyl sites for hydroxylation is 1. The molecular formula is C12H13IN2O. The van der Waals surface area contributed by atoms with Gasteiger partial charge in [0.1, 0.15) is 12.4 Å². The summed E-state index contributed by atoms with van der Waals surface area (Å²) in [7, 11) is 0. The molecular weight excluding hydrogens is 315 g/mol. The number of halogens is 1. The summed E-state index contributed by atoms with van der Waals surface area (Å²) in [6, 6.07) is 7.99. The second-order valence-electron chi connectivity index (χ2n) is 3.42. The van der Waals surface area contributed by atoms with E-state index in [4.69, 9.17) is 4.74 Å². The highest BCUT2D eigenvalue weighted by atomic mass is 127. The Labute approximate surface area is 109 Å². The van der Waals surface area contributed by atoms with E-state index in [1.807, 2.05) is 41.3 Å². The molecule has 0 N–H and O–H groups in total. The quantitative estimate of drug-likeness (QED) is 0.807. The minimum absolute atomic E-state index is 0.569. The summed E-state index contributed by atoms with van der Waals surface area (Å²) in [5.41, 5.74) is 1.10. The number of aromatic nitrogens is 2. The maximum absolute atomic E-state index is 5.72. The van der Waals surface area contributed by atoms with Gasteiger partial charge in [-0.3, -0.25) is 4.68 Å². The van der Waals surface area contributed by atoms with E-state index in [2.05, 4.69) is 34.6 Å². The standard InChI is InChI=1S/C12H13IN2O/c1-2-15-8-10(7-14-15)9-16-12-6-4-3-5-11(12)13/h3-8H,2,9H2,1H3. The lowest BCUT2D eigenvalue weighted by Gasteiger charge is -2.05. The predicted octanol–water partition coefficient (Wildman–Crippen LogP) is 3.09. The normalized spacial score (nSPS) is 10.4. The molecule has 0 saturated carbocycles. The van der Waals surface area contributed by atoms with E-state index in [1.54, 1.807) is 0 Å². The van der Waals surface area contributed by atoms with Crippen LogP contribution in [0.5, 0.6) is 5.75 Å². The van der Waals surface area contributed by atoms with E-state index >= 15 is 0 Å². The molecule has 84 valence electrons. The summed E-state index contributed by atoms with van der Waals surface area (Å²) in [6.07, 6.45) is 3.86. The molecule has 0 radical (unpaired) electrons. The largest absolute Gasteiger partial charge is 0.488 e. The van der Waals surface area contributed by atoms with Crippen LogP contribution in [0.15, 0.2) is 36.7 Å². The summed E-state index contributed by atoms with van der Waals surface area (Å²) < 4.78 is 8.75. The van der Waals surface area contributed by atoms with Crippen molar-refractivity contribution in [3.8, 4) is 5.75 Å². The van der Waals surface area contributed by atoms with Crippen LogP contribution in [0.2, 0.25) is 0 Å². The minimum atomic E-state index is 0.569. The van der Waals surface area contributed by atoms with Crippen LogP contribution in [0.4, 0.5) is 0 Å². The highest BCUT2D eigenvalue weighted by molar-refractivity contribution is 14.1. The molecule has 2 rings (SSSR count). The molecule has 0 fully saturated rings. The third-order valence-corrected chi connectivity index (χ3v) is 3.13. The summed E-state index contributed by atoms with van der Waals surface area (Å²) in [5.74, 6) is 0.923. The molecule has 0 aliphatic carbocycles. The van der Waals surface area contributed by atoms with Crippen LogP contribution < -0.4 is 4.74 Å². The number of benzene rings is 1. The lowest BCUT2D eigenvalue weighted by molar-refractivity contribution is 0.304. The highest BCUT2D eigenvalue weighted by Gasteiger charge is 2.01. The maximum atomic E-state index is 5.72. The average molecular weight is 328 g/mol. The zero-order valence-electron chi connectivity index (χ0n) is 9.06. The van der Waals surface area contributed by atoms with Gasteiger partial charge in [0.25, 0.3) is 0 Å². The van der Waals surface area contributed by atoms with Gasteiger partial charge in [-0.1, -0.05) is 12.1 Å². The molecule has 4 heteroatoms. The molecule has 1 heterocycles. The SMILES string of the molecule is CCn1cc(COc2ccccc2I)cn1. The van der Waals surface area contributed by atoms with E-state index in [0.717, 1.165) is 21.4 Å². The molecule has 1 aromatic heterocycles. The number of ether oxygens (including phenoxy) is 1. The minimum Gasteiger partial charge on any atom is -0.488 e. The average Bonchev–Trinajstić information content (AvgIpc) is 2.76. The monoisotopic (exact) mass is 328 g/mol. The van der Waals surface area contributed by atoms with Crippen molar-refractivity contribution < 1.29 is 4.74 Å². The van der Waals surface area contributed by atoms with Gasteiger partial charge in [0.05, 0.1) is 9.77 Å². The summed E-state index contributed by atoms with van der Waals surface area (Å²) in [4.78, 5) is 0. The lowest BCUT2D eigenvalue weighted by Crippen LogP contribution is -1.96. The van der Waals surface area contributed by atoms with Crippen LogP contribution in [0.3, 0.4) is 0 Å². The fraction of sp³-hybridized carbons (Fsp3) is 0.250. The fourth-order valence-electron chi connectivity index (χ4n) is 1.38. The molecule has 1 aromatic carbocycles. The van der Waals surface area contributed by atoms with Crippen molar-refractivity contribution in [1.82, 2.24) is 9.78 Å². The van der Waals surface area contributed by atoms with E-state index < -0.39 is 0 Å². The summed E-state index contributed by atoms with van der Waals surface area (Å²) in [6.45, 7) is 3.53. The lowest BCUT2D eigenvalue weighted by atomic mass is 10.3. The Kier molecular flexibility index (Phi) is 3.82. The number of nitrogens with zero attached hydrogens (tertiary/aromatic N) is 2. The van der Waals surface area contributed by atoms with Gasteiger partial charge < -0.3 is 4.74 Å². The van der Waals surface area contributed by atoms with E-state index in [-0.39, 0.29) is 0 Å². The Hall–Kier alpha value is -1.04.